The van der Waals surface area contributed by atoms with Crippen molar-refractivity contribution in [1.29, 1.82) is 0 Å². The minimum absolute atomic E-state index is 0. The highest BCUT2D eigenvalue weighted by Gasteiger charge is 2.36. The Balaban J connectivity index is 0.00000225. The van der Waals surface area contributed by atoms with E-state index in [4.69, 9.17) is 5.73 Å². The van der Waals surface area contributed by atoms with E-state index in [1.54, 1.807) is 0 Å². The minimum Gasteiger partial charge on any atom is -0.341 e. The van der Waals surface area contributed by atoms with Gasteiger partial charge >= 0.3 is 0 Å². The van der Waals surface area contributed by atoms with Gasteiger partial charge < -0.3 is 10.6 Å². The highest BCUT2D eigenvalue weighted by Crippen LogP contribution is 2.33. The summed E-state index contributed by atoms with van der Waals surface area (Å²) in [4.78, 5) is 13.9. The van der Waals surface area contributed by atoms with Gasteiger partial charge in [-0.25, -0.2) is 0 Å². The summed E-state index contributed by atoms with van der Waals surface area (Å²) >= 11 is 0. The van der Waals surface area contributed by atoms with Gasteiger partial charge in [-0.2, -0.15) is 0 Å². The molecule has 0 saturated carbocycles. The van der Waals surface area contributed by atoms with Crippen LogP contribution in [0.1, 0.15) is 40.5 Å². The topological polar surface area (TPSA) is 46.3 Å². The van der Waals surface area contributed by atoms with E-state index >= 15 is 0 Å². The highest BCUT2D eigenvalue weighted by atomic mass is 35.5. The molecule has 0 bridgehead atoms. The van der Waals surface area contributed by atoms with Gasteiger partial charge in [-0.15, -0.1) is 12.4 Å². The zero-order valence-corrected chi connectivity index (χ0v) is 11.6. The molecule has 3 nitrogen and oxygen atoms in total. The molecule has 1 rings (SSSR count). The molecule has 1 heterocycles. The molecule has 1 amide bonds. The molecule has 0 aromatic carbocycles. The lowest BCUT2D eigenvalue weighted by molar-refractivity contribution is -0.132. The van der Waals surface area contributed by atoms with Crippen LogP contribution < -0.4 is 5.73 Å². The van der Waals surface area contributed by atoms with Crippen LogP contribution in [0.5, 0.6) is 0 Å². The Hall–Kier alpha value is -0.280. The molecule has 1 fully saturated rings. The first-order chi connectivity index (χ1) is 6.89. The molecule has 96 valence electrons. The van der Waals surface area contributed by atoms with Crippen LogP contribution in [0.4, 0.5) is 0 Å². The fourth-order valence-corrected chi connectivity index (χ4v) is 2.00. The second-order valence-electron chi connectivity index (χ2n) is 5.44. The third-order valence-electron chi connectivity index (χ3n) is 3.73. The van der Waals surface area contributed by atoms with E-state index in [2.05, 4.69) is 13.8 Å². The van der Waals surface area contributed by atoms with Crippen LogP contribution in [0.25, 0.3) is 0 Å². The smallest absolute Gasteiger partial charge is 0.239 e. The first-order valence-corrected chi connectivity index (χ1v) is 5.94. The van der Waals surface area contributed by atoms with Gasteiger partial charge in [0.05, 0.1) is 6.04 Å². The summed E-state index contributed by atoms with van der Waals surface area (Å²) in [7, 11) is 0. The quantitative estimate of drug-likeness (QED) is 0.831. The highest BCUT2D eigenvalue weighted by molar-refractivity contribution is 5.85. The maximum Gasteiger partial charge on any atom is 0.239 e. The van der Waals surface area contributed by atoms with Crippen molar-refractivity contribution in [2.45, 2.75) is 46.6 Å². The summed E-state index contributed by atoms with van der Waals surface area (Å²) < 4.78 is 0. The first-order valence-electron chi connectivity index (χ1n) is 5.94. The van der Waals surface area contributed by atoms with Gasteiger partial charge in [-0.1, -0.05) is 27.7 Å². The fraction of sp³-hybridized carbons (Fsp3) is 0.917. The Morgan fingerprint density at radius 2 is 2.06 bits per heavy atom. The molecule has 1 aliphatic heterocycles. The number of carbonyl (C=O) groups is 1. The molecule has 0 aliphatic carbocycles. The van der Waals surface area contributed by atoms with Crippen molar-refractivity contribution in [2.75, 3.05) is 13.1 Å². The molecule has 16 heavy (non-hydrogen) atoms. The molecule has 0 aromatic heterocycles. The number of amides is 1. The summed E-state index contributed by atoms with van der Waals surface area (Å²) in [5, 5.41) is 0. The predicted molar refractivity (Wildman–Crippen MR) is 69.7 cm³/mol. The van der Waals surface area contributed by atoms with Crippen LogP contribution in [-0.4, -0.2) is 29.9 Å². The molecule has 2 N–H and O–H groups in total. The van der Waals surface area contributed by atoms with E-state index in [1.165, 1.54) is 0 Å². The fourth-order valence-electron chi connectivity index (χ4n) is 2.00. The van der Waals surface area contributed by atoms with Crippen molar-refractivity contribution >= 4 is 18.3 Å². The van der Waals surface area contributed by atoms with Gasteiger partial charge in [0, 0.05) is 13.1 Å². The van der Waals surface area contributed by atoms with E-state index in [1.807, 2.05) is 18.7 Å². The van der Waals surface area contributed by atoms with Gasteiger partial charge in [0.1, 0.15) is 0 Å². The van der Waals surface area contributed by atoms with Crippen molar-refractivity contribution in [1.82, 2.24) is 4.90 Å². The molecular formula is C12H25ClN2O. The van der Waals surface area contributed by atoms with E-state index < -0.39 is 0 Å². The second-order valence-corrected chi connectivity index (χ2v) is 5.44. The Bertz CT molecular complexity index is 245. The zero-order valence-electron chi connectivity index (χ0n) is 10.8. The van der Waals surface area contributed by atoms with Crippen molar-refractivity contribution < 1.29 is 4.79 Å². The number of nitrogens with zero attached hydrogens (tertiary/aromatic N) is 1. The Morgan fingerprint density at radius 1 is 1.50 bits per heavy atom. The van der Waals surface area contributed by atoms with Crippen LogP contribution in [0.2, 0.25) is 0 Å². The van der Waals surface area contributed by atoms with Crippen molar-refractivity contribution in [3.8, 4) is 0 Å². The molecule has 0 radical (unpaired) electrons. The summed E-state index contributed by atoms with van der Waals surface area (Å²) in [5.41, 5.74) is 6.19. The molecule has 4 heteroatoms. The summed E-state index contributed by atoms with van der Waals surface area (Å²) in [5.74, 6) is 0.355. The second kappa shape index (κ2) is 5.87. The third-order valence-corrected chi connectivity index (χ3v) is 3.73. The number of rotatable bonds is 3. The van der Waals surface area contributed by atoms with Gasteiger partial charge in [0.2, 0.25) is 5.91 Å². The molecular weight excluding hydrogens is 224 g/mol. The van der Waals surface area contributed by atoms with Crippen LogP contribution in [0.3, 0.4) is 0 Å². The summed E-state index contributed by atoms with van der Waals surface area (Å²) in [6.07, 6.45) is 2.24. The number of hydrogen-bond donors (Lipinski definition) is 1. The van der Waals surface area contributed by atoms with Crippen LogP contribution in [0.15, 0.2) is 0 Å². The first kappa shape index (κ1) is 15.7. The summed E-state index contributed by atoms with van der Waals surface area (Å²) in [6, 6.07) is -0.329. The van der Waals surface area contributed by atoms with Crippen LogP contribution in [0, 0.1) is 11.3 Å². The normalized spacial score (nSPS) is 26.8. The molecule has 1 unspecified atom stereocenters. The van der Waals surface area contributed by atoms with Crippen molar-refractivity contribution in [3.05, 3.63) is 0 Å². The molecule has 0 aromatic rings. The van der Waals surface area contributed by atoms with E-state index in [-0.39, 0.29) is 30.3 Å². The average molecular weight is 249 g/mol. The monoisotopic (exact) mass is 248 g/mol. The third kappa shape index (κ3) is 3.36. The van der Waals surface area contributed by atoms with Gasteiger partial charge in [0.15, 0.2) is 0 Å². The number of hydrogen-bond acceptors (Lipinski definition) is 2. The van der Waals surface area contributed by atoms with Gasteiger partial charge in [-0.3, -0.25) is 4.79 Å². The SMILES string of the molecule is CCC1(C)CCN(C(=O)[C@H](N)C(C)C)C1.Cl. The molecule has 0 spiro atoms. The molecule has 1 aliphatic rings. The van der Waals surface area contributed by atoms with Gasteiger partial charge in [-0.05, 0) is 24.2 Å². The maximum absolute atomic E-state index is 12.0. The zero-order chi connectivity index (χ0) is 11.6. The lowest BCUT2D eigenvalue weighted by atomic mass is 9.87. The summed E-state index contributed by atoms with van der Waals surface area (Å²) in [6.45, 7) is 10.2. The predicted octanol–water partition coefficient (Wildman–Crippen LogP) is 2.04. The lowest BCUT2D eigenvalue weighted by Gasteiger charge is -2.26. The van der Waals surface area contributed by atoms with Crippen molar-refractivity contribution in [3.63, 3.8) is 0 Å². The Labute approximate surface area is 105 Å². The van der Waals surface area contributed by atoms with Crippen LogP contribution >= 0.6 is 12.4 Å². The van der Waals surface area contributed by atoms with E-state index in [9.17, 15) is 4.79 Å². The number of nitrogens with two attached hydrogens (primary N) is 1. The van der Waals surface area contributed by atoms with Gasteiger partial charge in [0.25, 0.3) is 0 Å². The molecule has 1 saturated heterocycles. The Morgan fingerprint density at radius 3 is 2.44 bits per heavy atom. The van der Waals surface area contributed by atoms with Crippen molar-refractivity contribution in [2.24, 2.45) is 17.1 Å². The Kier molecular flexibility index (Phi) is 5.77. The number of carbonyl (C=O) groups excluding carboxylic acids is 1. The van der Waals surface area contributed by atoms with E-state index in [0.717, 1.165) is 25.9 Å². The van der Waals surface area contributed by atoms with E-state index in [0.29, 0.717) is 5.41 Å². The number of halogens is 1. The minimum atomic E-state index is -0.329. The molecule has 2 atom stereocenters. The maximum atomic E-state index is 12.0. The largest absolute Gasteiger partial charge is 0.341 e. The number of likely N-dealkylation sites (tertiary alicyclic amines) is 1. The van der Waals surface area contributed by atoms with Crippen LogP contribution in [-0.2, 0) is 4.79 Å². The standard InChI is InChI=1S/C12H24N2O.ClH/c1-5-12(4)6-7-14(8-12)11(15)10(13)9(2)3;/h9-10H,5-8,13H2,1-4H3;1H/t10-,12?;/m1./s1. The lowest BCUT2D eigenvalue weighted by Crippen LogP contribution is -2.46. The average Bonchev–Trinajstić information content (AvgIpc) is 2.59.